The number of rotatable bonds is 16. The van der Waals surface area contributed by atoms with Gasteiger partial charge in [-0.1, -0.05) is 64.7 Å². The van der Waals surface area contributed by atoms with Gasteiger partial charge in [0.1, 0.15) is 6.10 Å². The first kappa shape index (κ1) is 29.2. The van der Waals surface area contributed by atoms with Gasteiger partial charge in [-0.05, 0) is 19.8 Å². The summed E-state index contributed by atoms with van der Waals surface area (Å²) in [5.74, 6) is -0.922. The lowest BCUT2D eigenvalue weighted by Crippen LogP contribution is -2.38. The van der Waals surface area contributed by atoms with Gasteiger partial charge in [0, 0.05) is 19.6 Å². The van der Waals surface area contributed by atoms with E-state index in [1.54, 1.807) is 0 Å². The molecule has 9 N–H and O–H groups in total. The minimum atomic E-state index is -1.23. The van der Waals surface area contributed by atoms with Gasteiger partial charge in [0.2, 0.25) is 0 Å². The lowest BCUT2D eigenvalue weighted by Gasteiger charge is -2.22. The van der Waals surface area contributed by atoms with Crippen LogP contribution in [0.3, 0.4) is 0 Å². The van der Waals surface area contributed by atoms with Crippen molar-refractivity contribution < 1.29 is 15.0 Å². The molecular formula is C20H44N6O3. The van der Waals surface area contributed by atoms with E-state index in [2.05, 4.69) is 11.9 Å². The topological polar surface area (TPSA) is 175 Å². The minimum Gasteiger partial charge on any atom is -0.479 e. The Balaban J connectivity index is 0. The fourth-order valence-electron chi connectivity index (χ4n) is 2.61. The van der Waals surface area contributed by atoms with Gasteiger partial charge in [0.05, 0.1) is 0 Å². The highest BCUT2D eigenvalue weighted by Gasteiger charge is 2.05. The van der Waals surface area contributed by atoms with E-state index in [0.29, 0.717) is 6.54 Å². The normalized spacial score (nSPS) is 11.1. The van der Waals surface area contributed by atoms with Crippen molar-refractivity contribution in [3.8, 4) is 0 Å². The van der Waals surface area contributed by atoms with Gasteiger partial charge in [-0.3, -0.25) is 10.4 Å². The van der Waals surface area contributed by atoms with Gasteiger partial charge in [-0.15, -0.1) is 0 Å². The van der Waals surface area contributed by atoms with Crippen molar-refractivity contribution in [2.24, 2.45) is 22.2 Å². The molecule has 172 valence electrons. The molecule has 0 saturated heterocycles. The molecule has 0 saturated carbocycles. The zero-order valence-corrected chi connectivity index (χ0v) is 18.4. The van der Waals surface area contributed by atoms with Crippen LogP contribution in [-0.4, -0.2) is 58.7 Å². The van der Waals surface area contributed by atoms with Gasteiger partial charge in [-0.2, -0.15) is 0 Å². The number of carboxylic acid groups (broad SMARTS) is 1. The number of aliphatic imine (C=N–C) groups is 1. The molecule has 0 aromatic heterocycles. The third kappa shape index (κ3) is 23.9. The van der Waals surface area contributed by atoms with Crippen molar-refractivity contribution in [2.45, 2.75) is 90.6 Å². The molecule has 0 heterocycles. The Morgan fingerprint density at radius 3 is 1.72 bits per heavy atom. The SMILES string of the molecule is CC(O)C(=O)O.CCCCCCCCCCCCN(CCCN=C(N)N)C(=N)N. The summed E-state index contributed by atoms with van der Waals surface area (Å²) in [4.78, 5) is 15.3. The summed E-state index contributed by atoms with van der Waals surface area (Å²) >= 11 is 0. The molecule has 0 rings (SSSR count). The summed E-state index contributed by atoms with van der Waals surface area (Å²) < 4.78 is 0. The van der Waals surface area contributed by atoms with Crippen LogP contribution in [0.1, 0.15) is 84.5 Å². The standard InChI is InChI=1S/C17H38N6.C3H6O3/c1-2-3-4-5-6-7-8-9-10-11-14-23(17(20)21)15-12-13-22-16(18)19;1-2(4)3(5)6/h2-15H2,1H3,(H3,20,21)(H4,18,19,22);2,4H,1H3,(H,5,6). The summed E-state index contributed by atoms with van der Waals surface area (Å²) in [5.41, 5.74) is 16.2. The molecule has 0 spiro atoms. The van der Waals surface area contributed by atoms with E-state index in [9.17, 15) is 4.79 Å². The van der Waals surface area contributed by atoms with E-state index in [-0.39, 0.29) is 11.9 Å². The molecule has 0 bridgehead atoms. The van der Waals surface area contributed by atoms with E-state index < -0.39 is 12.1 Å². The van der Waals surface area contributed by atoms with Crippen LogP contribution in [0.4, 0.5) is 0 Å². The molecule has 0 aromatic rings. The number of guanidine groups is 2. The second-order valence-electron chi connectivity index (χ2n) is 7.23. The maximum absolute atomic E-state index is 9.45. The molecule has 9 nitrogen and oxygen atoms in total. The average Bonchev–Trinajstić information content (AvgIpc) is 2.64. The Morgan fingerprint density at radius 2 is 1.34 bits per heavy atom. The third-order valence-electron chi connectivity index (χ3n) is 4.36. The fourth-order valence-corrected chi connectivity index (χ4v) is 2.61. The highest BCUT2D eigenvalue weighted by atomic mass is 16.4. The molecule has 29 heavy (non-hydrogen) atoms. The molecule has 0 radical (unpaired) electrons. The number of nitrogens with one attached hydrogen (secondary N) is 1. The number of aliphatic hydroxyl groups excluding tert-OH is 1. The number of hydrogen-bond donors (Lipinski definition) is 6. The Morgan fingerprint density at radius 1 is 0.931 bits per heavy atom. The molecule has 0 fully saturated rings. The van der Waals surface area contributed by atoms with E-state index in [1.807, 2.05) is 4.90 Å². The highest BCUT2D eigenvalue weighted by molar-refractivity contribution is 5.75. The summed E-state index contributed by atoms with van der Waals surface area (Å²) in [6, 6.07) is 0. The van der Waals surface area contributed by atoms with Gasteiger partial charge < -0.3 is 32.3 Å². The summed E-state index contributed by atoms with van der Waals surface area (Å²) in [6.45, 7) is 5.63. The molecule has 0 amide bonds. The van der Waals surface area contributed by atoms with Crippen LogP contribution in [-0.2, 0) is 4.79 Å². The van der Waals surface area contributed by atoms with Gasteiger partial charge >= 0.3 is 5.97 Å². The maximum Gasteiger partial charge on any atom is 0.332 e. The number of unbranched alkanes of at least 4 members (excludes halogenated alkanes) is 9. The maximum atomic E-state index is 9.45. The molecule has 0 aliphatic carbocycles. The number of aliphatic carboxylic acids is 1. The van der Waals surface area contributed by atoms with Crippen molar-refractivity contribution in [2.75, 3.05) is 19.6 Å². The van der Waals surface area contributed by atoms with Crippen molar-refractivity contribution in [3.63, 3.8) is 0 Å². The second-order valence-corrected chi connectivity index (χ2v) is 7.23. The average molecular weight is 417 g/mol. The Bertz CT molecular complexity index is 440. The summed E-state index contributed by atoms with van der Waals surface area (Å²) in [6.07, 6.45) is 12.7. The first-order valence-electron chi connectivity index (χ1n) is 10.8. The molecule has 0 aliphatic heterocycles. The molecule has 9 heteroatoms. The molecule has 0 aromatic carbocycles. The Labute approximate surface area is 176 Å². The largest absolute Gasteiger partial charge is 0.479 e. The fraction of sp³-hybridized carbons (Fsp3) is 0.850. The van der Waals surface area contributed by atoms with Crippen molar-refractivity contribution in [3.05, 3.63) is 0 Å². The third-order valence-corrected chi connectivity index (χ3v) is 4.36. The first-order chi connectivity index (χ1) is 13.7. The predicted octanol–water partition coefficient (Wildman–Crippen LogP) is 2.22. The number of carboxylic acids is 1. The number of nitrogens with zero attached hydrogens (tertiary/aromatic N) is 2. The van der Waals surface area contributed by atoms with Crippen LogP contribution >= 0.6 is 0 Å². The first-order valence-corrected chi connectivity index (χ1v) is 10.8. The van der Waals surface area contributed by atoms with Crippen LogP contribution < -0.4 is 17.2 Å². The van der Waals surface area contributed by atoms with Crippen LogP contribution in [0.15, 0.2) is 4.99 Å². The van der Waals surface area contributed by atoms with Crippen LogP contribution in [0.5, 0.6) is 0 Å². The van der Waals surface area contributed by atoms with Gasteiger partial charge in [-0.25, -0.2) is 4.79 Å². The van der Waals surface area contributed by atoms with E-state index >= 15 is 0 Å². The number of carbonyl (C=O) groups is 1. The smallest absolute Gasteiger partial charge is 0.332 e. The van der Waals surface area contributed by atoms with Gasteiger partial charge in [0.15, 0.2) is 11.9 Å². The molecular weight excluding hydrogens is 372 g/mol. The number of nitrogens with two attached hydrogens (primary N) is 3. The zero-order chi connectivity index (χ0) is 22.5. The molecule has 1 atom stereocenters. The lowest BCUT2D eigenvalue weighted by molar-refractivity contribution is -0.145. The van der Waals surface area contributed by atoms with Crippen LogP contribution in [0, 0.1) is 5.41 Å². The quantitative estimate of drug-likeness (QED) is 0.127. The van der Waals surface area contributed by atoms with Crippen molar-refractivity contribution >= 4 is 17.9 Å². The monoisotopic (exact) mass is 416 g/mol. The predicted molar refractivity (Wildman–Crippen MR) is 120 cm³/mol. The lowest BCUT2D eigenvalue weighted by atomic mass is 10.1. The van der Waals surface area contributed by atoms with E-state index in [4.69, 9.17) is 32.8 Å². The second kappa shape index (κ2) is 20.7. The Kier molecular flexibility index (Phi) is 20.8. The summed E-state index contributed by atoms with van der Waals surface area (Å²) in [7, 11) is 0. The highest BCUT2D eigenvalue weighted by Crippen LogP contribution is 2.10. The van der Waals surface area contributed by atoms with E-state index in [1.165, 1.54) is 64.7 Å². The van der Waals surface area contributed by atoms with Crippen LogP contribution in [0.25, 0.3) is 0 Å². The van der Waals surface area contributed by atoms with Gasteiger partial charge in [0.25, 0.3) is 0 Å². The van der Waals surface area contributed by atoms with Crippen molar-refractivity contribution in [1.82, 2.24) is 4.90 Å². The number of aliphatic hydroxyl groups is 1. The Hall–Kier alpha value is -2.03. The van der Waals surface area contributed by atoms with Crippen molar-refractivity contribution in [1.29, 1.82) is 5.41 Å². The summed E-state index contributed by atoms with van der Waals surface area (Å²) in [5, 5.41) is 23.4. The van der Waals surface area contributed by atoms with Crippen LogP contribution in [0.2, 0.25) is 0 Å². The number of hydrogen-bond acceptors (Lipinski definition) is 4. The molecule has 1 unspecified atom stereocenters. The minimum absolute atomic E-state index is 0.120. The zero-order valence-electron chi connectivity index (χ0n) is 18.4. The molecule has 0 aliphatic rings. The van der Waals surface area contributed by atoms with E-state index in [0.717, 1.165) is 25.9 Å².